The van der Waals surface area contributed by atoms with E-state index in [1.165, 1.54) is 13.2 Å². The molecule has 2 aromatic rings. The molecule has 0 unspecified atom stereocenters. The van der Waals surface area contributed by atoms with Crippen molar-refractivity contribution in [1.82, 2.24) is 0 Å². The lowest BCUT2D eigenvalue weighted by molar-refractivity contribution is -0.134. The van der Waals surface area contributed by atoms with Crippen LogP contribution >= 0.6 is 0 Å². The zero-order valence-corrected chi connectivity index (χ0v) is 10.8. The van der Waals surface area contributed by atoms with Crippen molar-refractivity contribution in [3.8, 4) is 0 Å². The molecule has 0 aliphatic carbocycles. The van der Waals surface area contributed by atoms with E-state index in [-0.39, 0.29) is 11.9 Å². The lowest BCUT2D eigenvalue weighted by Crippen LogP contribution is -2.00. The van der Waals surface area contributed by atoms with E-state index in [4.69, 9.17) is 0 Å². The Bertz CT molecular complexity index is 504. The van der Waals surface area contributed by atoms with Gasteiger partial charge in [0, 0.05) is 12.0 Å². The van der Waals surface area contributed by atoms with Crippen molar-refractivity contribution in [3.63, 3.8) is 0 Å². The quantitative estimate of drug-likeness (QED) is 0.614. The molecule has 0 saturated heterocycles. The highest BCUT2D eigenvalue weighted by molar-refractivity contribution is 5.82. The van der Waals surface area contributed by atoms with Gasteiger partial charge in [0.2, 0.25) is 0 Å². The predicted molar refractivity (Wildman–Crippen MR) is 75.9 cm³/mol. The molecule has 0 atom stereocenters. The number of methoxy groups -OCH3 is 1. The van der Waals surface area contributed by atoms with Crippen LogP contribution in [0.5, 0.6) is 0 Å². The van der Waals surface area contributed by atoms with Crippen LogP contribution in [-0.2, 0) is 9.53 Å². The Morgan fingerprint density at radius 2 is 1.42 bits per heavy atom. The first-order valence-electron chi connectivity index (χ1n) is 6.17. The van der Waals surface area contributed by atoms with Crippen molar-refractivity contribution >= 4 is 5.97 Å². The molecule has 96 valence electrons. The molecule has 19 heavy (non-hydrogen) atoms. The first-order chi connectivity index (χ1) is 9.31. The average molecular weight is 252 g/mol. The normalized spacial score (nSPS) is 10.8. The van der Waals surface area contributed by atoms with Gasteiger partial charge in [0.15, 0.2) is 0 Å². The maximum Gasteiger partial charge on any atom is 0.330 e. The van der Waals surface area contributed by atoms with E-state index in [2.05, 4.69) is 29.0 Å². The maximum atomic E-state index is 11.3. The third-order valence-electron chi connectivity index (χ3n) is 2.94. The molecule has 2 rings (SSSR count). The molecule has 0 saturated carbocycles. The third kappa shape index (κ3) is 3.55. The van der Waals surface area contributed by atoms with Crippen molar-refractivity contribution in [2.75, 3.05) is 7.11 Å². The molecular formula is C17H16O2. The van der Waals surface area contributed by atoms with Crippen molar-refractivity contribution < 1.29 is 9.53 Å². The van der Waals surface area contributed by atoms with E-state index in [1.54, 1.807) is 0 Å². The Balaban J connectivity index is 2.34. The summed E-state index contributed by atoms with van der Waals surface area (Å²) in [6.45, 7) is 0. The van der Waals surface area contributed by atoms with Crippen LogP contribution < -0.4 is 0 Å². The molecule has 0 aliphatic heterocycles. The van der Waals surface area contributed by atoms with Gasteiger partial charge in [-0.15, -0.1) is 0 Å². The summed E-state index contributed by atoms with van der Waals surface area (Å²) in [4.78, 5) is 11.3. The number of benzene rings is 2. The van der Waals surface area contributed by atoms with Gasteiger partial charge in [-0.25, -0.2) is 4.79 Å². The number of carbonyl (C=O) groups excluding carboxylic acids is 1. The highest BCUT2D eigenvalue weighted by Crippen LogP contribution is 2.25. The number of allylic oxidation sites excluding steroid dienone is 1. The summed E-state index contributed by atoms with van der Waals surface area (Å²) in [6, 6.07) is 20.2. The molecule has 0 spiro atoms. The minimum atomic E-state index is -0.336. The SMILES string of the molecule is COC(=O)/C=C\C(c1ccccc1)c1ccccc1. The van der Waals surface area contributed by atoms with Crippen LogP contribution in [0.25, 0.3) is 0 Å². The molecule has 0 aromatic heterocycles. The summed E-state index contributed by atoms with van der Waals surface area (Å²) in [5, 5.41) is 0. The van der Waals surface area contributed by atoms with Gasteiger partial charge in [-0.1, -0.05) is 66.7 Å². The highest BCUT2D eigenvalue weighted by atomic mass is 16.5. The Labute approximate surface area is 113 Å². The fourth-order valence-electron chi connectivity index (χ4n) is 1.98. The Morgan fingerprint density at radius 3 is 1.84 bits per heavy atom. The summed E-state index contributed by atoms with van der Waals surface area (Å²) in [5.74, 6) is -0.279. The monoisotopic (exact) mass is 252 g/mol. The largest absolute Gasteiger partial charge is 0.466 e. The van der Waals surface area contributed by atoms with Crippen LogP contribution in [0.1, 0.15) is 17.0 Å². The lowest BCUT2D eigenvalue weighted by atomic mass is 9.91. The van der Waals surface area contributed by atoms with E-state index in [0.717, 1.165) is 11.1 Å². The fraction of sp³-hybridized carbons (Fsp3) is 0.118. The van der Waals surface area contributed by atoms with E-state index in [1.807, 2.05) is 42.5 Å². The molecule has 0 fully saturated rings. The number of esters is 1. The second-order valence-electron chi connectivity index (χ2n) is 4.18. The van der Waals surface area contributed by atoms with Crippen LogP contribution in [0.15, 0.2) is 72.8 Å². The summed E-state index contributed by atoms with van der Waals surface area (Å²) < 4.78 is 4.65. The number of hydrogen-bond acceptors (Lipinski definition) is 2. The first kappa shape index (κ1) is 13.1. The van der Waals surface area contributed by atoms with Crippen LogP contribution in [0, 0.1) is 0 Å². The number of carbonyl (C=O) groups is 1. The molecule has 0 bridgehead atoms. The van der Waals surface area contributed by atoms with Gasteiger partial charge in [-0.05, 0) is 11.1 Å². The van der Waals surface area contributed by atoms with Gasteiger partial charge in [-0.3, -0.25) is 0 Å². The van der Waals surface area contributed by atoms with Gasteiger partial charge in [0.25, 0.3) is 0 Å². The van der Waals surface area contributed by atoms with Crippen LogP contribution in [-0.4, -0.2) is 13.1 Å². The van der Waals surface area contributed by atoms with E-state index >= 15 is 0 Å². The van der Waals surface area contributed by atoms with Crippen molar-refractivity contribution in [1.29, 1.82) is 0 Å². The lowest BCUT2D eigenvalue weighted by Gasteiger charge is -2.13. The smallest absolute Gasteiger partial charge is 0.330 e. The zero-order valence-electron chi connectivity index (χ0n) is 10.8. The highest BCUT2D eigenvalue weighted by Gasteiger charge is 2.10. The van der Waals surface area contributed by atoms with Crippen molar-refractivity contribution in [2.45, 2.75) is 5.92 Å². The van der Waals surface area contributed by atoms with Crippen LogP contribution in [0.4, 0.5) is 0 Å². The molecule has 2 heteroatoms. The summed E-state index contributed by atoms with van der Waals surface area (Å²) in [5.41, 5.74) is 2.29. The Morgan fingerprint density at radius 1 is 0.947 bits per heavy atom. The summed E-state index contributed by atoms with van der Waals surface area (Å²) in [7, 11) is 1.38. The molecule has 0 aliphatic rings. The Hall–Kier alpha value is -2.35. The van der Waals surface area contributed by atoms with Crippen LogP contribution in [0.2, 0.25) is 0 Å². The average Bonchev–Trinajstić information content (AvgIpc) is 2.49. The molecule has 0 amide bonds. The van der Waals surface area contributed by atoms with Gasteiger partial charge in [-0.2, -0.15) is 0 Å². The molecule has 0 N–H and O–H groups in total. The first-order valence-corrected chi connectivity index (χ1v) is 6.17. The van der Waals surface area contributed by atoms with Crippen molar-refractivity contribution in [2.24, 2.45) is 0 Å². The van der Waals surface area contributed by atoms with E-state index in [9.17, 15) is 4.79 Å². The van der Waals surface area contributed by atoms with Gasteiger partial charge in [0.05, 0.1) is 7.11 Å². The Kier molecular flexibility index (Phi) is 4.51. The molecule has 2 nitrogen and oxygen atoms in total. The van der Waals surface area contributed by atoms with E-state index in [0.29, 0.717) is 0 Å². The topological polar surface area (TPSA) is 26.3 Å². The second kappa shape index (κ2) is 6.55. The third-order valence-corrected chi connectivity index (χ3v) is 2.94. The fourth-order valence-corrected chi connectivity index (χ4v) is 1.98. The second-order valence-corrected chi connectivity index (χ2v) is 4.18. The standard InChI is InChI=1S/C17H16O2/c1-19-17(18)13-12-16(14-8-4-2-5-9-14)15-10-6-3-7-11-15/h2-13,16H,1H3/b13-12-. The zero-order chi connectivity index (χ0) is 13.5. The number of hydrogen-bond donors (Lipinski definition) is 0. The number of rotatable bonds is 4. The predicted octanol–water partition coefficient (Wildman–Crippen LogP) is 3.55. The maximum absolute atomic E-state index is 11.3. The van der Waals surface area contributed by atoms with Crippen LogP contribution in [0.3, 0.4) is 0 Å². The minimum absolute atomic E-state index is 0.0569. The van der Waals surface area contributed by atoms with Crippen molar-refractivity contribution in [3.05, 3.63) is 83.9 Å². The van der Waals surface area contributed by atoms with Gasteiger partial charge in [0.1, 0.15) is 0 Å². The summed E-state index contributed by atoms with van der Waals surface area (Å²) >= 11 is 0. The summed E-state index contributed by atoms with van der Waals surface area (Å²) in [6.07, 6.45) is 3.35. The molecule has 0 radical (unpaired) electrons. The minimum Gasteiger partial charge on any atom is -0.466 e. The molecule has 2 aromatic carbocycles. The molecular weight excluding hydrogens is 236 g/mol. The molecule has 0 heterocycles. The number of ether oxygens (including phenoxy) is 1. The van der Waals surface area contributed by atoms with Gasteiger partial charge < -0.3 is 4.74 Å². The van der Waals surface area contributed by atoms with E-state index < -0.39 is 0 Å². The van der Waals surface area contributed by atoms with Gasteiger partial charge >= 0.3 is 5.97 Å².